The lowest BCUT2D eigenvalue weighted by atomic mass is 10.1. The Morgan fingerprint density at radius 3 is 2.69 bits per heavy atom. The Morgan fingerprint density at radius 2 is 1.86 bits per heavy atom. The summed E-state index contributed by atoms with van der Waals surface area (Å²) in [5.74, 6) is 0.148. The molecule has 3 aromatic carbocycles. The van der Waals surface area contributed by atoms with E-state index in [1.54, 1.807) is 60.7 Å². The van der Waals surface area contributed by atoms with Crippen LogP contribution < -0.4 is 5.32 Å². The summed E-state index contributed by atoms with van der Waals surface area (Å²) in [5.41, 5.74) is 2.28. The molecular weight excluding hydrogens is 453 g/mol. The Balaban J connectivity index is 1.29. The Bertz CT molecular complexity index is 1600. The van der Waals surface area contributed by atoms with Crippen LogP contribution in [-0.2, 0) is 4.79 Å². The zero-order valence-electron chi connectivity index (χ0n) is 18.0. The summed E-state index contributed by atoms with van der Waals surface area (Å²) in [7, 11) is 0. The summed E-state index contributed by atoms with van der Waals surface area (Å²) in [6.07, 6.45) is 2.75. The molecule has 0 atom stereocenters. The molecule has 0 radical (unpaired) electrons. The van der Waals surface area contributed by atoms with Gasteiger partial charge in [-0.15, -0.1) is 0 Å². The highest BCUT2D eigenvalue weighted by atomic mass is 19.1. The molecule has 0 aliphatic heterocycles. The van der Waals surface area contributed by atoms with Gasteiger partial charge in [-0.25, -0.2) is 9.37 Å². The van der Waals surface area contributed by atoms with Crippen molar-refractivity contribution in [2.24, 2.45) is 0 Å². The van der Waals surface area contributed by atoms with Crippen LogP contribution in [0.2, 0.25) is 0 Å². The van der Waals surface area contributed by atoms with Crippen molar-refractivity contribution < 1.29 is 22.9 Å². The number of fused-ring (bicyclic) bond motifs is 1. The second-order valence-corrected chi connectivity index (χ2v) is 7.51. The van der Waals surface area contributed by atoms with E-state index in [-0.39, 0.29) is 11.6 Å². The lowest BCUT2D eigenvalue weighted by Gasteiger charge is -2.01. The highest BCUT2D eigenvalue weighted by Gasteiger charge is 2.17. The molecular formula is C26H16FN3O5. The number of halogens is 1. The van der Waals surface area contributed by atoms with Crippen LogP contribution in [0.3, 0.4) is 0 Å². The number of carbonyl (C=O) groups excluding carboxylic acids is 1. The van der Waals surface area contributed by atoms with Gasteiger partial charge in [0.15, 0.2) is 5.58 Å². The van der Waals surface area contributed by atoms with Crippen LogP contribution in [0.1, 0.15) is 5.76 Å². The van der Waals surface area contributed by atoms with Gasteiger partial charge in [0.25, 0.3) is 5.69 Å². The van der Waals surface area contributed by atoms with E-state index in [1.807, 2.05) is 0 Å². The minimum Gasteiger partial charge on any atom is -0.456 e. The quantitative estimate of drug-likeness (QED) is 0.174. The molecule has 1 amide bonds. The summed E-state index contributed by atoms with van der Waals surface area (Å²) < 4.78 is 24.8. The molecule has 1 N–H and O–H groups in total. The Hall–Kier alpha value is -5.05. The molecule has 0 aliphatic carbocycles. The highest BCUT2D eigenvalue weighted by molar-refractivity contribution is 6.02. The third kappa shape index (κ3) is 4.69. The molecule has 8 nitrogen and oxygen atoms in total. The SMILES string of the molecule is O=C(/C=C/c1ccc(-c2ccccc2[N+](=O)[O-])o1)Nc1ccc2oc(-c3cccc(F)c3)nc2c1. The Morgan fingerprint density at radius 1 is 1.00 bits per heavy atom. The van der Waals surface area contributed by atoms with Gasteiger partial charge in [0.2, 0.25) is 11.8 Å². The van der Waals surface area contributed by atoms with E-state index < -0.39 is 16.6 Å². The number of aromatic nitrogens is 1. The van der Waals surface area contributed by atoms with Crippen LogP contribution in [0.5, 0.6) is 0 Å². The van der Waals surface area contributed by atoms with Gasteiger partial charge in [0.05, 0.1) is 10.5 Å². The predicted octanol–water partition coefficient (Wildman–Crippen LogP) is 6.45. The number of amides is 1. The lowest BCUT2D eigenvalue weighted by Crippen LogP contribution is -2.07. The number of nitrogens with one attached hydrogen (secondary N) is 1. The van der Waals surface area contributed by atoms with Gasteiger partial charge in [0, 0.05) is 23.4 Å². The number of oxazole rings is 1. The molecule has 5 rings (SSSR count). The van der Waals surface area contributed by atoms with Crippen LogP contribution in [0.4, 0.5) is 15.8 Å². The summed E-state index contributed by atoms with van der Waals surface area (Å²) in [5, 5.41) is 14.0. The number of benzene rings is 3. The fourth-order valence-electron chi connectivity index (χ4n) is 3.52. The normalized spacial score (nSPS) is 11.2. The van der Waals surface area contributed by atoms with Gasteiger partial charge >= 0.3 is 0 Å². The van der Waals surface area contributed by atoms with E-state index in [1.165, 1.54) is 30.4 Å². The first-order valence-corrected chi connectivity index (χ1v) is 10.5. The molecule has 0 saturated carbocycles. The van der Waals surface area contributed by atoms with Crippen molar-refractivity contribution in [1.82, 2.24) is 4.98 Å². The number of hydrogen-bond donors (Lipinski definition) is 1. The van der Waals surface area contributed by atoms with Gasteiger partial charge in [-0.2, -0.15) is 0 Å². The zero-order chi connectivity index (χ0) is 24.4. The molecule has 172 valence electrons. The molecule has 0 unspecified atom stereocenters. The summed E-state index contributed by atoms with van der Waals surface area (Å²) >= 11 is 0. The number of nitro benzene ring substituents is 1. The Kier molecular flexibility index (Phi) is 5.64. The van der Waals surface area contributed by atoms with Crippen LogP contribution in [-0.4, -0.2) is 15.8 Å². The highest BCUT2D eigenvalue weighted by Crippen LogP contribution is 2.31. The van der Waals surface area contributed by atoms with Gasteiger partial charge in [-0.05, 0) is 60.7 Å². The summed E-state index contributed by atoms with van der Waals surface area (Å²) in [6, 6.07) is 20.4. The predicted molar refractivity (Wildman–Crippen MR) is 128 cm³/mol. The standard InChI is InChI=1S/C26H16FN3O5/c27-17-5-3-4-16(14-17)26-29-21-15-18(8-11-24(21)35-26)28-25(31)13-10-19-9-12-23(34-19)20-6-1-2-7-22(20)30(32)33/h1-15H,(H,28,31)/b13-10+. The number of anilines is 1. The minimum atomic E-state index is -0.479. The Labute approximate surface area is 197 Å². The molecule has 0 bridgehead atoms. The van der Waals surface area contributed by atoms with Crippen molar-refractivity contribution in [3.8, 4) is 22.8 Å². The van der Waals surface area contributed by atoms with Gasteiger partial charge in [-0.3, -0.25) is 14.9 Å². The third-order valence-electron chi connectivity index (χ3n) is 5.12. The molecule has 35 heavy (non-hydrogen) atoms. The minimum absolute atomic E-state index is 0.0704. The van der Waals surface area contributed by atoms with Crippen molar-refractivity contribution in [2.45, 2.75) is 0 Å². The number of furan rings is 1. The zero-order valence-corrected chi connectivity index (χ0v) is 18.0. The van der Waals surface area contributed by atoms with Crippen molar-refractivity contribution in [3.63, 3.8) is 0 Å². The molecule has 2 heterocycles. The molecule has 0 aliphatic rings. The summed E-state index contributed by atoms with van der Waals surface area (Å²) in [4.78, 5) is 27.5. The van der Waals surface area contributed by atoms with E-state index in [2.05, 4.69) is 10.3 Å². The van der Waals surface area contributed by atoms with Crippen molar-refractivity contribution in [3.05, 3.63) is 107 Å². The van der Waals surface area contributed by atoms with Gasteiger partial charge < -0.3 is 14.2 Å². The number of nitrogens with zero attached hydrogens (tertiary/aromatic N) is 2. The van der Waals surface area contributed by atoms with E-state index in [4.69, 9.17) is 8.83 Å². The fraction of sp³-hybridized carbons (Fsp3) is 0. The second-order valence-electron chi connectivity index (χ2n) is 7.51. The van der Waals surface area contributed by atoms with Crippen molar-refractivity contribution >= 4 is 34.5 Å². The first kappa shape index (κ1) is 21.8. The number of para-hydroxylation sites is 1. The summed E-state index contributed by atoms with van der Waals surface area (Å²) in [6.45, 7) is 0. The molecule has 0 saturated heterocycles. The monoisotopic (exact) mass is 469 g/mol. The number of hydrogen-bond acceptors (Lipinski definition) is 6. The second kappa shape index (κ2) is 9.06. The van der Waals surface area contributed by atoms with Gasteiger partial charge in [-0.1, -0.05) is 18.2 Å². The lowest BCUT2D eigenvalue weighted by molar-refractivity contribution is -0.384. The first-order chi connectivity index (χ1) is 17.0. The van der Waals surface area contributed by atoms with Crippen LogP contribution in [0.15, 0.2) is 93.8 Å². The maximum atomic E-state index is 13.5. The maximum Gasteiger partial charge on any atom is 0.280 e. The topological polar surface area (TPSA) is 111 Å². The van der Waals surface area contributed by atoms with E-state index in [0.717, 1.165) is 0 Å². The van der Waals surface area contributed by atoms with E-state index in [0.29, 0.717) is 39.4 Å². The largest absolute Gasteiger partial charge is 0.456 e. The molecule has 0 spiro atoms. The average molecular weight is 469 g/mol. The molecule has 9 heteroatoms. The fourth-order valence-corrected chi connectivity index (χ4v) is 3.52. The van der Waals surface area contributed by atoms with Crippen LogP contribution >= 0.6 is 0 Å². The van der Waals surface area contributed by atoms with Crippen molar-refractivity contribution in [2.75, 3.05) is 5.32 Å². The third-order valence-corrected chi connectivity index (χ3v) is 5.12. The number of nitro groups is 1. The number of rotatable bonds is 6. The molecule has 5 aromatic rings. The first-order valence-electron chi connectivity index (χ1n) is 10.5. The molecule has 0 fully saturated rings. The van der Waals surface area contributed by atoms with Gasteiger partial charge in [0.1, 0.15) is 22.9 Å². The smallest absolute Gasteiger partial charge is 0.280 e. The van der Waals surface area contributed by atoms with E-state index >= 15 is 0 Å². The van der Waals surface area contributed by atoms with Crippen molar-refractivity contribution in [1.29, 1.82) is 0 Å². The maximum absolute atomic E-state index is 13.5. The molecule has 2 aromatic heterocycles. The van der Waals surface area contributed by atoms with Crippen LogP contribution in [0.25, 0.3) is 40.0 Å². The van der Waals surface area contributed by atoms with Crippen LogP contribution in [0, 0.1) is 15.9 Å². The average Bonchev–Trinajstić information content (AvgIpc) is 3.50. The number of carbonyl (C=O) groups is 1. The van der Waals surface area contributed by atoms with E-state index in [9.17, 15) is 19.3 Å².